The third-order valence-corrected chi connectivity index (χ3v) is 4.41. The van der Waals surface area contributed by atoms with Gasteiger partial charge in [0.2, 0.25) is 0 Å². The van der Waals surface area contributed by atoms with Gasteiger partial charge in [0.15, 0.2) is 0 Å². The summed E-state index contributed by atoms with van der Waals surface area (Å²) < 4.78 is 0.834. The van der Waals surface area contributed by atoms with Gasteiger partial charge in [-0.25, -0.2) is 0 Å². The summed E-state index contributed by atoms with van der Waals surface area (Å²) in [5.41, 5.74) is 2.94. The van der Waals surface area contributed by atoms with Gasteiger partial charge in [0.25, 0.3) is 0 Å². The van der Waals surface area contributed by atoms with E-state index in [2.05, 4.69) is 41.9 Å². The van der Waals surface area contributed by atoms with Crippen molar-refractivity contribution in [3.05, 3.63) is 68.7 Å². The maximum Gasteiger partial charge on any atom is 0.104 e. The van der Waals surface area contributed by atoms with E-state index in [4.69, 9.17) is 11.6 Å². The minimum Gasteiger partial charge on any atom is -0.384 e. The maximum absolute atomic E-state index is 10.4. The van der Waals surface area contributed by atoms with E-state index in [-0.39, 0.29) is 0 Å². The quantitative estimate of drug-likeness (QED) is 0.803. The second-order valence-corrected chi connectivity index (χ2v) is 6.16. The van der Waals surface area contributed by atoms with E-state index in [0.29, 0.717) is 10.9 Å². The molecule has 1 atom stereocenters. The van der Waals surface area contributed by atoms with Crippen molar-refractivity contribution in [2.24, 2.45) is 0 Å². The van der Waals surface area contributed by atoms with Crippen molar-refractivity contribution >= 4 is 27.5 Å². The second-order valence-electron chi connectivity index (χ2n) is 4.90. The number of aliphatic hydroxyl groups excluding tert-OH is 1. The monoisotopic (exact) mass is 338 g/mol. The van der Waals surface area contributed by atoms with Crippen LogP contribution in [0.2, 0.25) is 5.02 Å². The molecule has 2 aromatic carbocycles. The molecule has 0 bridgehead atoms. The molecule has 100 valence electrons. The fourth-order valence-corrected chi connectivity index (χ4v) is 2.37. The molecule has 0 fully saturated rings. The van der Waals surface area contributed by atoms with Gasteiger partial charge in [-0.3, -0.25) is 0 Å². The van der Waals surface area contributed by atoms with Crippen LogP contribution < -0.4 is 0 Å². The van der Waals surface area contributed by atoms with Crippen molar-refractivity contribution in [3.8, 4) is 0 Å². The van der Waals surface area contributed by atoms with E-state index in [1.165, 1.54) is 5.56 Å². The first kappa shape index (κ1) is 14.6. The van der Waals surface area contributed by atoms with Crippen molar-refractivity contribution < 1.29 is 5.11 Å². The van der Waals surface area contributed by atoms with Gasteiger partial charge in [0, 0.05) is 4.47 Å². The summed E-state index contributed by atoms with van der Waals surface area (Å²) in [6.07, 6.45) is -0.646. The fourth-order valence-electron chi connectivity index (χ4n) is 1.94. The number of rotatable bonds is 3. The molecular weight excluding hydrogens is 324 g/mol. The smallest absolute Gasteiger partial charge is 0.104 e. The molecule has 3 heteroatoms. The zero-order chi connectivity index (χ0) is 14.0. The van der Waals surface area contributed by atoms with E-state index in [0.717, 1.165) is 15.6 Å². The van der Waals surface area contributed by atoms with Crippen LogP contribution in [0.3, 0.4) is 0 Å². The van der Waals surface area contributed by atoms with Gasteiger partial charge >= 0.3 is 0 Å². The molecule has 0 radical (unpaired) electrons. The molecule has 1 N–H and O–H groups in total. The predicted octanol–water partition coefficient (Wildman–Crippen LogP) is 5.31. The highest BCUT2D eigenvalue weighted by atomic mass is 79.9. The molecule has 2 aromatic rings. The minimum atomic E-state index is -0.646. The lowest BCUT2D eigenvalue weighted by Gasteiger charge is -2.14. The van der Waals surface area contributed by atoms with Gasteiger partial charge in [-0.2, -0.15) is 0 Å². The Morgan fingerprint density at radius 3 is 2.00 bits per heavy atom. The van der Waals surface area contributed by atoms with Gasteiger partial charge in [-0.15, -0.1) is 0 Å². The Morgan fingerprint density at radius 2 is 1.47 bits per heavy atom. The zero-order valence-electron chi connectivity index (χ0n) is 10.9. The van der Waals surface area contributed by atoms with Crippen LogP contribution in [0.1, 0.15) is 42.6 Å². The summed E-state index contributed by atoms with van der Waals surface area (Å²) in [7, 11) is 0. The number of aliphatic hydroxyl groups is 1. The van der Waals surface area contributed by atoms with Gasteiger partial charge in [0.05, 0.1) is 5.02 Å². The molecule has 0 aliphatic carbocycles. The highest BCUT2D eigenvalue weighted by molar-refractivity contribution is 9.10. The van der Waals surface area contributed by atoms with E-state index in [1.54, 1.807) is 6.07 Å². The Bertz CT molecular complexity index is 563. The molecule has 1 unspecified atom stereocenters. The lowest BCUT2D eigenvalue weighted by atomic mass is 9.97. The molecule has 0 aromatic heterocycles. The number of hydrogen-bond acceptors (Lipinski definition) is 1. The minimum absolute atomic E-state index is 0.494. The molecule has 0 aliphatic rings. The van der Waals surface area contributed by atoms with E-state index in [1.807, 2.05) is 24.3 Å². The molecule has 0 aliphatic heterocycles. The summed E-state index contributed by atoms with van der Waals surface area (Å²) in [5.74, 6) is 0.494. The first-order chi connectivity index (χ1) is 8.99. The first-order valence-corrected chi connectivity index (χ1v) is 7.39. The summed E-state index contributed by atoms with van der Waals surface area (Å²) in [6, 6.07) is 13.6. The van der Waals surface area contributed by atoms with Gasteiger partial charge in [0.1, 0.15) is 6.10 Å². The topological polar surface area (TPSA) is 20.2 Å². The molecule has 0 amide bonds. The molecule has 2 rings (SSSR count). The lowest BCUT2D eigenvalue weighted by Crippen LogP contribution is -2.00. The summed E-state index contributed by atoms with van der Waals surface area (Å²) in [5, 5.41) is 11.0. The molecular formula is C16H16BrClO. The van der Waals surface area contributed by atoms with Crippen LogP contribution >= 0.6 is 27.5 Å². The fraction of sp³-hybridized carbons (Fsp3) is 0.250. The predicted molar refractivity (Wildman–Crippen MR) is 83.7 cm³/mol. The zero-order valence-corrected chi connectivity index (χ0v) is 13.2. The third kappa shape index (κ3) is 3.38. The highest BCUT2D eigenvalue weighted by Gasteiger charge is 2.12. The van der Waals surface area contributed by atoms with Crippen molar-refractivity contribution in [2.75, 3.05) is 0 Å². The average molecular weight is 340 g/mol. The Balaban J connectivity index is 2.27. The van der Waals surface area contributed by atoms with Crippen LogP contribution in [0.4, 0.5) is 0 Å². The molecule has 1 nitrogen and oxygen atoms in total. The van der Waals surface area contributed by atoms with Gasteiger partial charge in [-0.05, 0) is 50.7 Å². The van der Waals surface area contributed by atoms with Crippen LogP contribution in [0.5, 0.6) is 0 Å². The third-order valence-electron chi connectivity index (χ3n) is 3.18. The highest BCUT2D eigenvalue weighted by Crippen LogP contribution is 2.29. The van der Waals surface area contributed by atoms with Crippen molar-refractivity contribution in [1.29, 1.82) is 0 Å². The number of halogens is 2. The second kappa shape index (κ2) is 6.08. The molecule has 0 saturated carbocycles. The average Bonchev–Trinajstić information content (AvgIpc) is 2.41. The van der Waals surface area contributed by atoms with Gasteiger partial charge < -0.3 is 5.11 Å². The Labute approximate surface area is 127 Å². The molecule has 19 heavy (non-hydrogen) atoms. The molecule has 0 spiro atoms. The number of hydrogen-bond donors (Lipinski definition) is 1. The van der Waals surface area contributed by atoms with Crippen LogP contribution in [-0.4, -0.2) is 5.11 Å². The number of benzene rings is 2. The summed E-state index contributed by atoms with van der Waals surface area (Å²) >= 11 is 9.40. The maximum atomic E-state index is 10.4. The van der Waals surface area contributed by atoms with E-state index in [9.17, 15) is 5.11 Å². The van der Waals surface area contributed by atoms with E-state index < -0.39 is 6.10 Å². The van der Waals surface area contributed by atoms with Crippen LogP contribution in [-0.2, 0) is 0 Å². The Morgan fingerprint density at radius 1 is 0.947 bits per heavy atom. The van der Waals surface area contributed by atoms with E-state index >= 15 is 0 Å². The first-order valence-electron chi connectivity index (χ1n) is 6.22. The van der Waals surface area contributed by atoms with Crippen LogP contribution in [0, 0.1) is 0 Å². The molecule has 0 heterocycles. The van der Waals surface area contributed by atoms with Crippen molar-refractivity contribution in [1.82, 2.24) is 0 Å². The SMILES string of the molecule is CC(C)c1ccc(C(O)c2ccc(Br)c(Cl)c2)cc1. The van der Waals surface area contributed by atoms with Gasteiger partial charge in [-0.1, -0.05) is 55.8 Å². The lowest BCUT2D eigenvalue weighted by molar-refractivity contribution is 0.220. The largest absolute Gasteiger partial charge is 0.384 e. The van der Waals surface area contributed by atoms with Crippen molar-refractivity contribution in [3.63, 3.8) is 0 Å². The summed E-state index contributed by atoms with van der Waals surface area (Å²) in [4.78, 5) is 0. The normalized spacial score (nSPS) is 12.7. The summed E-state index contributed by atoms with van der Waals surface area (Å²) in [6.45, 7) is 4.31. The Hall–Kier alpha value is -0.830. The van der Waals surface area contributed by atoms with Crippen LogP contribution in [0.25, 0.3) is 0 Å². The van der Waals surface area contributed by atoms with Crippen molar-refractivity contribution in [2.45, 2.75) is 25.9 Å². The van der Waals surface area contributed by atoms with Crippen LogP contribution in [0.15, 0.2) is 46.9 Å². The standard InChI is InChI=1S/C16H16BrClO/c1-10(2)11-3-5-12(6-4-11)16(19)13-7-8-14(17)15(18)9-13/h3-10,16,19H,1-2H3. The Kier molecular flexibility index (Phi) is 4.67. The molecule has 0 saturated heterocycles.